The third-order valence-electron chi connectivity index (χ3n) is 4.68. The summed E-state index contributed by atoms with van der Waals surface area (Å²) in [5, 5.41) is 5.10. The zero-order valence-corrected chi connectivity index (χ0v) is 18.0. The predicted molar refractivity (Wildman–Crippen MR) is 112 cm³/mol. The first-order valence-electron chi connectivity index (χ1n) is 9.95. The number of hydrogen-bond donors (Lipinski definition) is 2. The molecule has 1 aliphatic rings. The van der Waals surface area contributed by atoms with Gasteiger partial charge < -0.3 is 15.5 Å². The molecule has 2 amide bonds. The highest BCUT2D eigenvalue weighted by Gasteiger charge is 2.27. The van der Waals surface area contributed by atoms with Crippen LogP contribution in [0.2, 0.25) is 0 Å². The van der Waals surface area contributed by atoms with Gasteiger partial charge in [-0.25, -0.2) is 13.4 Å². The molecule has 1 saturated heterocycles. The molecule has 0 saturated carbocycles. The Morgan fingerprint density at radius 3 is 2.45 bits per heavy atom. The fourth-order valence-electron chi connectivity index (χ4n) is 2.93. The number of aromatic nitrogens is 1. The molecule has 2 rings (SSSR count). The van der Waals surface area contributed by atoms with Gasteiger partial charge in [0.2, 0.25) is 21.8 Å². The molecule has 2 N–H and O–H groups in total. The molecule has 1 aliphatic heterocycles. The summed E-state index contributed by atoms with van der Waals surface area (Å²) in [6.07, 6.45) is 2.86. The molecule has 9 nitrogen and oxygen atoms in total. The molecule has 0 aliphatic carbocycles. The van der Waals surface area contributed by atoms with Gasteiger partial charge in [-0.05, 0) is 24.5 Å². The van der Waals surface area contributed by atoms with Crippen molar-refractivity contribution in [3.8, 4) is 0 Å². The summed E-state index contributed by atoms with van der Waals surface area (Å²) in [6.45, 7) is 5.86. The molecule has 2 heterocycles. The smallest absolute Gasteiger partial charge is 0.239 e. The lowest BCUT2D eigenvalue weighted by Gasteiger charge is -2.34. The Morgan fingerprint density at radius 2 is 1.83 bits per heavy atom. The molecule has 162 valence electrons. The van der Waals surface area contributed by atoms with E-state index in [1.54, 1.807) is 6.20 Å². The Balaban J connectivity index is 1.67. The number of carbonyl (C=O) groups excluding carboxylic acids is 2. The lowest BCUT2D eigenvalue weighted by atomic mass is 10.1. The Morgan fingerprint density at radius 1 is 1.10 bits per heavy atom. The molecule has 0 aromatic carbocycles. The van der Waals surface area contributed by atoms with E-state index in [4.69, 9.17) is 0 Å². The molecule has 0 atom stereocenters. The largest absolute Gasteiger partial charge is 0.354 e. The summed E-state index contributed by atoms with van der Waals surface area (Å²) >= 11 is 0. The number of pyridine rings is 1. The number of nitrogens with one attached hydrogen (secondary N) is 2. The lowest BCUT2D eigenvalue weighted by Crippen LogP contribution is -2.50. The lowest BCUT2D eigenvalue weighted by molar-refractivity contribution is -0.126. The highest BCUT2D eigenvalue weighted by atomic mass is 32.2. The van der Waals surface area contributed by atoms with Crippen molar-refractivity contribution in [2.45, 2.75) is 26.7 Å². The van der Waals surface area contributed by atoms with E-state index in [9.17, 15) is 18.0 Å². The normalized spacial score (nSPS) is 15.3. The van der Waals surface area contributed by atoms with Crippen LogP contribution >= 0.6 is 0 Å². The molecule has 1 aromatic rings. The van der Waals surface area contributed by atoms with Gasteiger partial charge in [0.15, 0.2) is 0 Å². The van der Waals surface area contributed by atoms with Gasteiger partial charge in [-0.1, -0.05) is 19.9 Å². The third kappa shape index (κ3) is 7.98. The van der Waals surface area contributed by atoms with Crippen molar-refractivity contribution in [1.29, 1.82) is 0 Å². The van der Waals surface area contributed by atoms with Crippen LogP contribution in [0.4, 0.5) is 5.82 Å². The van der Waals surface area contributed by atoms with Gasteiger partial charge in [-0.15, -0.1) is 0 Å². The summed E-state index contributed by atoms with van der Waals surface area (Å²) in [4.78, 5) is 29.8. The number of sulfonamides is 1. The Hall–Kier alpha value is -2.20. The minimum Gasteiger partial charge on any atom is -0.354 e. The van der Waals surface area contributed by atoms with Crippen molar-refractivity contribution in [3.63, 3.8) is 0 Å². The molecule has 10 heteroatoms. The highest BCUT2D eigenvalue weighted by molar-refractivity contribution is 7.89. The van der Waals surface area contributed by atoms with E-state index in [0.717, 1.165) is 12.2 Å². The summed E-state index contributed by atoms with van der Waals surface area (Å²) in [7, 11) is -3.45. The fourth-order valence-corrected chi connectivity index (χ4v) is 4.27. The Kier molecular flexibility index (Phi) is 8.84. The van der Waals surface area contributed by atoms with Gasteiger partial charge in [0.1, 0.15) is 5.82 Å². The van der Waals surface area contributed by atoms with Crippen LogP contribution in [0, 0.1) is 5.92 Å². The molecule has 1 aromatic heterocycles. The van der Waals surface area contributed by atoms with E-state index in [0.29, 0.717) is 38.5 Å². The second kappa shape index (κ2) is 11.1. The van der Waals surface area contributed by atoms with Gasteiger partial charge in [-0.3, -0.25) is 9.59 Å². The average molecular weight is 426 g/mol. The molecular formula is C19H31N5O4S. The van der Waals surface area contributed by atoms with Crippen molar-refractivity contribution >= 4 is 27.7 Å². The van der Waals surface area contributed by atoms with Crippen LogP contribution in [-0.2, 0) is 19.6 Å². The van der Waals surface area contributed by atoms with E-state index in [-0.39, 0.29) is 24.7 Å². The number of carbonyl (C=O) groups is 2. The zero-order chi connectivity index (χ0) is 21.3. The summed E-state index contributed by atoms with van der Waals surface area (Å²) in [5.74, 6) is 0.534. The highest BCUT2D eigenvalue weighted by Crippen LogP contribution is 2.14. The van der Waals surface area contributed by atoms with Crippen molar-refractivity contribution in [3.05, 3.63) is 24.4 Å². The quantitative estimate of drug-likeness (QED) is 0.554. The number of piperazine rings is 1. The Labute approximate surface area is 172 Å². The number of amides is 2. The van der Waals surface area contributed by atoms with E-state index in [1.165, 1.54) is 4.31 Å². The summed E-state index contributed by atoms with van der Waals surface area (Å²) in [6, 6.07) is 5.65. The predicted octanol–water partition coefficient (Wildman–Crippen LogP) is 0.202. The minimum atomic E-state index is -3.45. The van der Waals surface area contributed by atoms with Crippen LogP contribution < -0.4 is 15.5 Å². The van der Waals surface area contributed by atoms with Gasteiger partial charge in [0.25, 0.3) is 0 Å². The molecule has 0 unspecified atom stereocenters. The summed E-state index contributed by atoms with van der Waals surface area (Å²) in [5.41, 5.74) is 0. The van der Waals surface area contributed by atoms with Gasteiger partial charge in [-0.2, -0.15) is 4.31 Å². The van der Waals surface area contributed by atoms with Gasteiger partial charge in [0, 0.05) is 45.3 Å². The second-order valence-electron chi connectivity index (χ2n) is 7.45. The first kappa shape index (κ1) is 23.1. The van der Waals surface area contributed by atoms with E-state index in [2.05, 4.69) is 20.5 Å². The van der Waals surface area contributed by atoms with Crippen molar-refractivity contribution < 1.29 is 18.0 Å². The number of rotatable bonds is 10. The van der Waals surface area contributed by atoms with Crippen LogP contribution in [0.5, 0.6) is 0 Å². The number of anilines is 1. The van der Waals surface area contributed by atoms with E-state index >= 15 is 0 Å². The molecule has 0 radical (unpaired) electrons. The number of hydrogen-bond acceptors (Lipinski definition) is 6. The van der Waals surface area contributed by atoms with Crippen LogP contribution in [-0.4, -0.2) is 74.5 Å². The molecule has 1 fully saturated rings. The van der Waals surface area contributed by atoms with Gasteiger partial charge in [0.05, 0.1) is 12.3 Å². The maximum absolute atomic E-state index is 12.5. The van der Waals surface area contributed by atoms with Crippen LogP contribution in [0.15, 0.2) is 24.4 Å². The average Bonchev–Trinajstić information content (AvgIpc) is 2.71. The molecule has 0 spiro atoms. The maximum Gasteiger partial charge on any atom is 0.239 e. The van der Waals surface area contributed by atoms with Crippen molar-refractivity contribution in [2.75, 3.05) is 49.9 Å². The van der Waals surface area contributed by atoms with Crippen LogP contribution in [0.25, 0.3) is 0 Å². The van der Waals surface area contributed by atoms with Gasteiger partial charge >= 0.3 is 0 Å². The topological polar surface area (TPSA) is 112 Å². The first-order chi connectivity index (χ1) is 13.8. The van der Waals surface area contributed by atoms with Crippen LogP contribution in [0.1, 0.15) is 26.7 Å². The second-order valence-corrected chi connectivity index (χ2v) is 9.54. The third-order valence-corrected chi connectivity index (χ3v) is 6.55. The summed E-state index contributed by atoms with van der Waals surface area (Å²) < 4.78 is 26.4. The maximum atomic E-state index is 12.5. The van der Waals surface area contributed by atoms with Crippen molar-refractivity contribution in [1.82, 2.24) is 19.9 Å². The first-order valence-corrected chi connectivity index (χ1v) is 11.6. The molecular weight excluding hydrogens is 394 g/mol. The SMILES string of the molecule is CC(C)CCC(=O)NCC(=O)NCCS(=O)(=O)N1CCN(c2ccccn2)CC1. The Bertz CT molecular complexity index is 762. The van der Waals surface area contributed by atoms with E-state index < -0.39 is 15.9 Å². The van der Waals surface area contributed by atoms with Crippen LogP contribution in [0.3, 0.4) is 0 Å². The van der Waals surface area contributed by atoms with Crippen molar-refractivity contribution in [2.24, 2.45) is 5.92 Å². The minimum absolute atomic E-state index is 0.0173. The molecule has 0 bridgehead atoms. The number of nitrogens with zero attached hydrogens (tertiary/aromatic N) is 3. The fraction of sp³-hybridized carbons (Fsp3) is 0.632. The standard InChI is InChI=1S/C19H31N5O4S/c1-16(2)6-7-18(25)22-15-19(26)21-9-14-29(27,28)24-12-10-23(11-13-24)17-5-3-4-8-20-17/h3-5,8,16H,6-7,9-15H2,1-2H3,(H,21,26)(H,22,25). The monoisotopic (exact) mass is 425 g/mol. The van der Waals surface area contributed by atoms with E-state index in [1.807, 2.05) is 32.0 Å². The molecule has 29 heavy (non-hydrogen) atoms. The zero-order valence-electron chi connectivity index (χ0n) is 17.1.